The smallest absolute Gasteiger partial charge is 0.230 e. The highest BCUT2D eigenvalue weighted by Gasteiger charge is 2.33. The molecule has 1 aliphatic rings. The van der Waals surface area contributed by atoms with Gasteiger partial charge in [-0.15, -0.1) is 0 Å². The van der Waals surface area contributed by atoms with Crippen molar-refractivity contribution in [1.29, 1.82) is 0 Å². The summed E-state index contributed by atoms with van der Waals surface area (Å²) >= 11 is 0. The molecule has 1 fully saturated rings. The lowest BCUT2D eigenvalue weighted by Gasteiger charge is -2.09. The highest BCUT2D eigenvalue weighted by atomic mass is 16.5. The first-order chi connectivity index (χ1) is 8.66. The van der Waals surface area contributed by atoms with Gasteiger partial charge in [-0.3, -0.25) is 0 Å². The summed E-state index contributed by atoms with van der Waals surface area (Å²) < 4.78 is 5.21. The molecule has 0 saturated heterocycles. The summed E-state index contributed by atoms with van der Waals surface area (Å²) in [6, 6.07) is 8.35. The number of nitrogens with zero attached hydrogens (tertiary/aromatic N) is 1. The Morgan fingerprint density at radius 3 is 2.56 bits per heavy atom. The molecular weight excluding hydrogens is 224 g/mol. The van der Waals surface area contributed by atoms with Crippen LogP contribution in [0.15, 0.2) is 28.8 Å². The summed E-state index contributed by atoms with van der Waals surface area (Å²) in [5.74, 6) is 1.61. The molecule has 1 saturated carbocycles. The molecule has 1 aromatic heterocycles. The summed E-state index contributed by atoms with van der Waals surface area (Å²) in [5.41, 5.74) is 10.3. The van der Waals surface area contributed by atoms with Gasteiger partial charge in [0.1, 0.15) is 0 Å². The van der Waals surface area contributed by atoms with Gasteiger partial charge in [-0.25, -0.2) is 0 Å². The zero-order valence-electron chi connectivity index (χ0n) is 10.8. The van der Waals surface area contributed by atoms with Crippen LogP contribution in [0.5, 0.6) is 0 Å². The zero-order valence-corrected chi connectivity index (χ0v) is 10.8. The highest BCUT2D eigenvalue weighted by molar-refractivity contribution is 5.75. The molecule has 3 nitrogen and oxygen atoms in total. The molecule has 1 unspecified atom stereocenters. The van der Waals surface area contributed by atoms with Gasteiger partial charge in [0.25, 0.3) is 0 Å². The first-order valence-corrected chi connectivity index (χ1v) is 6.49. The third kappa shape index (κ3) is 1.90. The maximum Gasteiger partial charge on any atom is 0.230 e. The molecule has 1 aliphatic carbocycles. The second-order valence-electron chi connectivity index (χ2n) is 5.30. The van der Waals surface area contributed by atoms with Crippen LogP contribution in [0.2, 0.25) is 0 Å². The fourth-order valence-corrected chi connectivity index (χ4v) is 2.46. The first kappa shape index (κ1) is 11.3. The van der Waals surface area contributed by atoms with Gasteiger partial charge in [0.2, 0.25) is 5.88 Å². The van der Waals surface area contributed by atoms with Crippen molar-refractivity contribution in [2.45, 2.75) is 32.6 Å². The normalized spacial score (nSPS) is 16.8. The molecule has 18 heavy (non-hydrogen) atoms. The van der Waals surface area contributed by atoms with Crippen molar-refractivity contribution in [3.63, 3.8) is 0 Å². The van der Waals surface area contributed by atoms with E-state index >= 15 is 0 Å². The molecule has 3 heteroatoms. The number of rotatable bonds is 3. The van der Waals surface area contributed by atoms with Gasteiger partial charge < -0.3 is 10.3 Å². The lowest BCUT2D eigenvalue weighted by atomic mass is 9.94. The third-order valence-electron chi connectivity index (χ3n) is 3.85. The number of aromatic nitrogens is 1. The van der Waals surface area contributed by atoms with E-state index in [1.807, 2.05) is 0 Å². The van der Waals surface area contributed by atoms with E-state index in [-0.39, 0.29) is 0 Å². The lowest BCUT2D eigenvalue weighted by molar-refractivity contribution is 0.417. The van der Waals surface area contributed by atoms with Gasteiger partial charge in [-0.2, -0.15) is 0 Å². The Kier molecular flexibility index (Phi) is 2.62. The number of benzene rings is 1. The minimum Gasteiger partial charge on any atom is -0.367 e. The molecule has 1 aromatic carbocycles. The molecule has 0 radical (unpaired) electrons. The standard InChI is InChI=1S/C15H18N2O/c1-9-3-5-12(6-4-9)13-14(17-18-15(13)16)10(2)11-7-8-11/h3-6,10-11H,7-8,16H2,1-2H3. The first-order valence-electron chi connectivity index (χ1n) is 6.49. The average molecular weight is 242 g/mol. The molecule has 1 heterocycles. The number of hydrogen-bond donors (Lipinski definition) is 1. The van der Waals surface area contributed by atoms with Gasteiger partial charge in [0, 0.05) is 5.92 Å². The Morgan fingerprint density at radius 1 is 1.28 bits per heavy atom. The SMILES string of the molecule is Cc1ccc(-c2c(C(C)C3CC3)noc2N)cc1. The zero-order chi connectivity index (χ0) is 12.7. The minimum absolute atomic E-state index is 0.432. The van der Waals surface area contributed by atoms with Crippen LogP contribution in [0.25, 0.3) is 11.1 Å². The van der Waals surface area contributed by atoms with Crippen LogP contribution in [-0.2, 0) is 0 Å². The van der Waals surface area contributed by atoms with Gasteiger partial charge >= 0.3 is 0 Å². The van der Waals surface area contributed by atoms with Crippen molar-refractivity contribution in [2.75, 3.05) is 5.73 Å². The van der Waals surface area contributed by atoms with Crippen LogP contribution < -0.4 is 5.73 Å². The highest BCUT2D eigenvalue weighted by Crippen LogP contribution is 2.45. The van der Waals surface area contributed by atoms with E-state index in [1.54, 1.807) is 0 Å². The van der Waals surface area contributed by atoms with E-state index in [0.717, 1.165) is 22.7 Å². The number of aryl methyl sites for hydroxylation is 1. The van der Waals surface area contributed by atoms with Crippen LogP contribution in [0.4, 0.5) is 5.88 Å². The Balaban J connectivity index is 2.04. The summed E-state index contributed by atoms with van der Waals surface area (Å²) in [6.07, 6.45) is 2.59. The van der Waals surface area contributed by atoms with Gasteiger partial charge in [0.15, 0.2) is 0 Å². The second-order valence-corrected chi connectivity index (χ2v) is 5.30. The monoisotopic (exact) mass is 242 g/mol. The molecule has 2 aromatic rings. The van der Waals surface area contributed by atoms with Gasteiger partial charge in [-0.1, -0.05) is 41.9 Å². The van der Waals surface area contributed by atoms with E-state index in [4.69, 9.17) is 10.3 Å². The minimum atomic E-state index is 0.432. The molecule has 1 atom stereocenters. The Hall–Kier alpha value is -1.77. The average Bonchev–Trinajstić information content (AvgIpc) is 3.14. The Bertz CT molecular complexity index is 552. The summed E-state index contributed by atoms with van der Waals surface area (Å²) in [4.78, 5) is 0. The van der Waals surface area contributed by atoms with Crippen LogP contribution >= 0.6 is 0 Å². The largest absolute Gasteiger partial charge is 0.367 e. The van der Waals surface area contributed by atoms with Crippen molar-refractivity contribution < 1.29 is 4.52 Å². The fourth-order valence-electron chi connectivity index (χ4n) is 2.46. The lowest BCUT2D eigenvalue weighted by Crippen LogP contribution is -1.99. The molecule has 3 rings (SSSR count). The number of nitrogens with two attached hydrogens (primary N) is 1. The van der Waals surface area contributed by atoms with Crippen LogP contribution in [0.3, 0.4) is 0 Å². The number of anilines is 1. The third-order valence-corrected chi connectivity index (χ3v) is 3.85. The summed E-state index contributed by atoms with van der Waals surface area (Å²) in [7, 11) is 0. The Labute approximate surface area is 107 Å². The quantitative estimate of drug-likeness (QED) is 0.891. The summed E-state index contributed by atoms with van der Waals surface area (Å²) in [6.45, 7) is 4.29. The predicted octanol–water partition coefficient (Wildman–Crippen LogP) is 3.75. The fraction of sp³-hybridized carbons (Fsp3) is 0.400. The molecule has 0 aliphatic heterocycles. The van der Waals surface area contributed by atoms with Crippen LogP contribution in [-0.4, -0.2) is 5.16 Å². The molecule has 0 bridgehead atoms. The van der Waals surface area contributed by atoms with Crippen molar-refractivity contribution >= 4 is 5.88 Å². The number of nitrogen functional groups attached to an aromatic ring is 1. The molecule has 0 spiro atoms. The van der Waals surface area contributed by atoms with E-state index < -0.39 is 0 Å². The Morgan fingerprint density at radius 2 is 1.94 bits per heavy atom. The molecule has 94 valence electrons. The van der Waals surface area contributed by atoms with E-state index in [0.29, 0.717) is 11.8 Å². The molecular formula is C15H18N2O. The van der Waals surface area contributed by atoms with Crippen LogP contribution in [0, 0.1) is 12.8 Å². The van der Waals surface area contributed by atoms with Gasteiger partial charge in [-0.05, 0) is 31.2 Å². The maximum atomic E-state index is 5.94. The van der Waals surface area contributed by atoms with Crippen molar-refractivity contribution in [1.82, 2.24) is 5.16 Å². The molecule has 0 amide bonds. The topological polar surface area (TPSA) is 52.0 Å². The van der Waals surface area contributed by atoms with E-state index in [1.165, 1.54) is 18.4 Å². The second kappa shape index (κ2) is 4.16. The van der Waals surface area contributed by atoms with Crippen molar-refractivity contribution in [3.05, 3.63) is 35.5 Å². The summed E-state index contributed by atoms with van der Waals surface area (Å²) in [5, 5.41) is 4.18. The van der Waals surface area contributed by atoms with Gasteiger partial charge in [0.05, 0.1) is 11.3 Å². The maximum absolute atomic E-state index is 5.94. The van der Waals surface area contributed by atoms with E-state index in [9.17, 15) is 0 Å². The van der Waals surface area contributed by atoms with Crippen molar-refractivity contribution in [3.8, 4) is 11.1 Å². The van der Waals surface area contributed by atoms with E-state index in [2.05, 4.69) is 43.3 Å². The van der Waals surface area contributed by atoms with Crippen molar-refractivity contribution in [2.24, 2.45) is 5.92 Å². The molecule has 2 N–H and O–H groups in total. The van der Waals surface area contributed by atoms with Crippen LogP contribution in [0.1, 0.15) is 36.9 Å². The number of hydrogen-bond acceptors (Lipinski definition) is 3. The predicted molar refractivity (Wildman–Crippen MR) is 72.2 cm³/mol.